The number of hydrogen-bond acceptors (Lipinski definition) is 3. The summed E-state index contributed by atoms with van der Waals surface area (Å²) in [7, 11) is 3.91. The smallest absolute Gasteiger partial charge is 0.251 e. The molecule has 0 fully saturated rings. The molecular formula is C17H21N3O. The number of amides is 1. The first-order chi connectivity index (χ1) is 9.97. The van der Waals surface area contributed by atoms with Gasteiger partial charge in [-0.3, -0.25) is 9.78 Å². The van der Waals surface area contributed by atoms with E-state index in [2.05, 4.69) is 10.3 Å². The lowest BCUT2D eigenvalue weighted by Crippen LogP contribution is -2.27. The Morgan fingerprint density at radius 3 is 2.62 bits per heavy atom. The predicted molar refractivity (Wildman–Crippen MR) is 85.6 cm³/mol. The van der Waals surface area contributed by atoms with Crippen LogP contribution in [0.3, 0.4) is 0 Å². The van der Waals surface area contributed by atoms with E-state index in [1.165, 1.54) is 0 Å². The van der Waals surface area contributed by atoms with Gasteiger partial charge in [0.05, 0.1) is 6.04 Å². The first kappa shape index (κ1) is 15.0. The Hall–Kier alpha value is -2.36. The van der Waals surface area contributed by atoms with Crippen LogP contribution >= 0.6 is 0 Å². The first-order valence-electron chi connectivity index (χ1n) is 6.98. The van der Waals surface area contributed by atoms with E-state index in [0.717, 1.165) is 16.9 Å². The molecule has 1 aromatic heterocycles. The van der Waals surface area contributed by atoms with Gasteiger partial charge in [0.15, 0.2) is 0 Å². The van der Waals surface area contributed by atoms with E-state index in [1.807, 2.05) is 69.2 Å². The number of nitrogens with zero attached hydrogens (tertiary/aromatic N) is 2. The Kier molecular flexibility index (Phi) is 4.58. The number of carbonyl (C=O) groups excluding carboxylic acids is 1. The van der Waals surface area contributed by atoms with E-state index in [9.17, 15) is 4.79 Å². The quantitative estimate of drug-likeness (QED) is 0.938. The van der Waals surface area contributed by atoms with Gasteiger partial charge in [-0.1, -0.05) is 12.1 Å². The zero-order valence-electron chi connectivity index (χ0n) is 12.9. The monoisotopic (exact) mass is 283 g/mol. The molecule has 110 valence electrons. The lowest BCUT2D eigenvalue weighted by Gasteiger charge is -2.16. The van der Waals surface area contributed by atoms with Crippen molar-refractivity contribution in [3.8, 4) is 0 Å². The molecule has 2 aromatic rings. The Morgan fingerprint density at radius 1 is 1.24 bits per heavy atom. The number of aromatic nitrogens is 1. The molecule has 0 saturated heterocycles. The molecule has 1 aromatic carbocycles. The van der Waals surface area contributed by atoms with Crippen molar-refractivity contribution in [3.05, 3.63) is 59.4 Å². The van der Waals surface area contributed by atoms with Crippen LogP contribution in [0.4, 0.5) is 5.69 Å². The van der Waals surface area contributed by atoms with Crippen LogP contribution in [0.1, 0.15) is 34.6 Å². The second-order valence-corrected chi connectivity index (χ2v) is 5.37. The second-order valence-electron chi connectivity index (χ2n) is 5.37. The van der Waals surface area contributed by atoms with Gasteiger partial charge in [-0.05, 0) is 43.7 Å². The minimum Gasteiger partial charge on any atom is -0.378 e. The van der Waals surface area contributed by atoms with E-state index < -0.39 is 0 Å². The summed E-state index contributed by atoms with van der Waals surface area (Å²) in [5.41, 5.74) is 3.63. The highest BCUT2D eigenvalue weighted by Crippen LogP contribution is 2.16. The molecule has 0 bridgehead atoms. The molecule has 0 radical (unpaired) electrons. The van der Waals surface area contributed by atoms with Crippen molar-refractivity contribution in [3.63, 3.8) is 0 Å². The van der Waals surface area contributed by atoms with Gasteiger partial charge in [0.1, 0.15) is 0 Å². The standard InChI is InChI=1S/C17H21N3O/c1-12-8-9-15(11-18-12)13(2)19-17(21)14-6-5-7-16(10-14)20(3)4/h5-11,13H,1-4H3,(H,19,21)/t13-/m1/s1. The molecule has 0 spiro atoms. The second kappa shape index (κ2) is 6.39. The van der Waals surface area contributed by atoms with Crippen molar-refractivity contribution in [1.29, 1.82) is 0 Å². The predicted octanol–water partition coefficient (Wildman–Crippen LogP) is 2.95. The third-order valence-electron chi connectivity index (χ3n) is 3.41. The third-order valence-corrected chi connectivity index (χ3v) is 3.41. The van der Waals surface area contributed by atoms with Crippen LogP contribution in [0.5, 0.6) is 0 Å². The van der Waals surface area contributed by atoms with Crippen molar-refractivity contribution in [2.75, 3.05) is 19.0 Å². The van der Waals surface area contributed by atoms with Crippen LogP contribution in [-0.4, -0.2) is 25.0 Å². The largest absolute Gasteiger partial charge is 0.378 e. The van der Waals surface area contributed by atoms with Gasteiger partial charge in [0, 0.05) is 37.2 Å². The maximum Gasteiger partial charge on any atom is 0.251 e. The van der Waals surface area contributed by atoms with Gasteiger partial charge >= 0.3 is 0 Å². The third kappa shape index (κ3) is 3.81. The molecule has 4 heteroatoms. The minimum atomic E-state index is -0.0771. The van der Waals surface area contributed by atoms with Gasteiger partial charge in [0.25, 0.3) is 5.91 Å². The van der Waals surface area contributed by atoms with Crippen LogP contribution in [0.25, 0.3) is 0 Å². The van der Waals surface area contributed by atoms with Crippen LogP contribution in [0.15, 0.2) is 42.6 Å². The average molecular weight is 283 g/mol. The summed E-state index contributed by atoms with van der Waals surface area (Å²) >= 11 is 0. The lowest BCUT2D eigenvalue weighted by molar-refractivity contribution is 0.0940. The molecule has 0 aliphatic carbocycles. The average Bonchev–Trinajstić information content (AvgIpc) is 2.48. The SMILES string of the molecule is Cc1ccc([C@@H](C)NC(=O)c2cccc(N(C)C)c2)cn1. The van der Waals surface area contributed by atoms with Crippen molar-refractivity contribution < 1.29 is 4.79 Å². The zero-order chi connectivity index (χ0) is 15.4. The van der Waals surface area contributed by atoms with Crippen molar-refractivity contribution in [2.45, 2.75) is 19.9 Å². The number of benzene rings is 1. The first-order valence-corrected chi connectivity index (χ1v) is 6.98. The summed E-state index contributed by atoms with van der Waals surface area (Å²) in [6, 6.07) is 11.4. The maximum atomic E-state index is 12.3. The zero-order valence-corrected chi connectivity index (χ0v) is 12.9. The molecule has 2 rings (SSSR count). The number of nitrogens with one attached hydrogen (secondary N) is 1. The molecule has 0 aliphatic rings. The molecule has 1 amide bonds. The van der Waals surface area contributed by atoms with Gasteiger partial charge < -0.3 is 10.2 Å². The van der Waals surface area contributed by atoms with Crippen LogP contribution in [-0.2, 0) is 0 Å². The topological polar surface area (TPSA) is 45.2 Å². The Labute approximate surface area is 125 Å². The van der Waals surface area contributed by atoms with Crippen molar-refractivity contribution >= 4 is 11.6 Å². The van der Waals surface area contributed by atoms with Gasteiger partial charge in [0.2, 0.25) is 0 Å². The summed E-state index contributed by atoms with van der Waals surface area (Å²) < 4.78 is 0. The summed E-state index contributed by atoms with van der Waals surface area (Å²) in [6.07, 6.45) is 1.80. The number of pyridine rings is 1. The van der Waals surface area contributed by atoms with E-state index in [1.54, 1.807) is 6.20 Å². The van der Waals surface area contributed by atoms with Crippen LogP contribution in [0.2, 0.25) is 0 Å². The number of anilines is 1. The lowest BCUT2D eigenvalue weighted by atomic mass is 10.1. The molecule has 4 nitrogen and oxygen atoms in total. The van der Waals surface area contributed by atoms with Crippen LogP contribution in [0, 0.1) is 6.92 Å². The molecule has 0 saturated carbocycles. The minimum absolute atomic E-state index is 0.0754. The fraction of sp³-hybridized carbons (Fsp3) is 0.294. The molecule has 21 heavy (non-hydrogen) atoms. The van der Waals surface area contributed by atoms with E-state index in [4.69, 9.17) is 0 Å². The number of rotatable bonds is 4. The van der Waals surface area contributed by atoms with E-state index in [-0.39, 0.29) is 11.9 Å². The Morgan fingerprint density at radius 2 is 2.00 bits per heavy atom. The molecule has 0 aliphatic heterocycles. The number of carbonyl (C=O) groups is 1. The fourth-order valence-electron chi connectivity index (χ4n) is 2.02. The molecule has 1 N–H and O–H groups in total. The number of aryl methyl sites for hydroxylation is 1. The summed E-state index contributed by atoms with van der Waals surface area (Å²) in [5, 5.41) is 3.00. The van der Waals surface area contributed by atoms with Crippen molar-refractivity contribution in [2.24, 2.45) is 0 Å². The van der Waals surface area contributed by atoms with Gasteiger partial charge in [-0.15, -0.1) is 0 Å². The fourth-order valence-corrected chi connectivity index (χ4v) is 2.02. The Bertz CT molecular complexity index is 620. The van der Waals surface area contributed by atoms with Gasteiger partial charge in [-0.2, -0.15) is 0 Å². The highest BCUT2D eigenvalue weighted by molar-refractivity contribution is 5.95. The number of hydrogen-bond donors (Lipinski definition) is 1. The molecular weight excluding hydrogens is 262 g/mol. The van der Waals surface area contributed by atoms with Gasteiger partial charge in [-0.25, -0.2) is 0 Å². The van der Waals surface area contributed by atoms with E-state index >= 15 is 0 Å². The summed E-state index contributed by atoms with van der Waals surface area (Å²) in [5.74, 6) is -0.0771. The normalized spacial score (nSPS) is 11.8. The molecule has 1 heterocycles. The highest BCUT2D eigenvalue weighted by Gasteiger charge is 2.12. The highest BCUT2D eigenvalue weighted by atomic mass is 16.1. The Balaban J connectivity index is 2.10. The van der Waals surface area contributed by atoms with Crippen LogP contribution < -0.4 is 10.2 Å². The molecule has 1 atom stereocenters. The summed E-state index contributed by atoms with van der Waals surface area (Å²) in [6.45, 7) is 3.90. The van der Waals surface area contributed by atoms with E-state index in [0.29, 0.717) is 5.56 Å². The molecule has 0 unspecified atom stereocenters. The summed E-state index contributed by atoms with van der Waals surface area (Å²) in [4.78, 5) is 18.6. The maximum absolute atomic E-state index is 12.3. The van der Waals surface area contributed by atoms with Crippen molar-refractivity contribution in [1.82, 2.24) is 10.3 Å².